The monoisotopic (exact) mass is 402 g/mol. The van der Waals surface area contributed by atoms with Crippen LogP contribution in [0.4, 0.5) is 5.13 Å². The van der Waals surface area contributed by atoms with Crippen molar-refractivity contribution >= 4 is 61.2 Å². The van der Waals surface area contributed by atoms with Gasteiger partial charge in [0.2, 0.25) is 0 Å². The Labute approximate surface area is 163 Å². The number of halogens is 1. The van der Waals surface area contributed by atoms with E-state index in [0.717, 1.165) is 28.6 Å². The SMILES string of the molecule is C=CCN(C(=O)c1sc2ccccc2c1Cl)c1nc2c(s1)C(=O)CCC2. The van der Waals surface area contributed by atoms with Crippen molar-refractivity contribution in [2.45, 2.75) is 19.3 Å². The quantitative estimate of drug-likeness (QED) is 0.551. The number of amides is 1. The van der Waals surface area contributed by atoms with Crippen LogP contribution < -0.4 is 4.90 Å². The number of carbonyl (C=O) groups is 2. The smallest absolute Gasteiger partial charge is 0.272 e. The Morgan fingerprint density at radius 3 is 2.85 bits per heavy atom. The number of anilines is 1. The number of rotatable bonds is 4. The highest BCUT2D eigenvalue weighted by Gasteiger charge is 2.29. The number of hydrogen-bond donors (Lipinski definition) is 0. The zero-order valence-corrected chi connectivity index (χ0v) is 16.2. The van der Waals surface area contributed by atoms with Crippen molar-refractivity contribution < 1.29 is 9.59 Å². The first-order valence-electron chi connectivity index (χ1n) is 8.23. The van der Waals surface area contributed by atoms with Crippen molar-refractivity contribution in [2.75, 3.05) is 11.4 Å². The van der Waals surface area contributed by atoms with Gasteiger partial charge in [0.1, 0.15) is 4.88 Å². The summed E-state index contributed by atoms with van der Waals surface area (Å²) in [5, 5.41) is 1.86. The molecular weight excluding hydrogens is 388 g/mol. The zero-order valence-electron chi connectivity index (χ0n) is 13.8. The van der Waals surface area contributed by atoms with E-state index in [0.29, 0.717) is 32.9 Å². The van der Waals surface area contributed by atoms with Gasteiger partial charge in [0.15, 0.2) is 10.9 Å². The maximum atomic E-state index is 13.2. The molecule has 1 aromatic carbocycles. The average Bonchev–Trinajstić information content (AvgIpc) is 3.22. The number of benzene rings is 1. The summed E-state index contributed by atoms with van der Waals surface area (Å²) in [6.07, 6.45) is 3.79. The highest BCUT2D eigenvalue weighted by Crippen LogP contribution is 2.38. The molecule has 0 atom stereocenters. The Kier molecular flexibility index (Phi) is 4.65. The lowest BCUT2D eigenvalue weighted by molar-refractivity contribution is 0.0973. The van der Waals surface area contributed by atoms with Gasteiger partial charge < -0.3 is 0 Å². The number of Topliss-reactive ketones (excluding diaryl/α,β-unsaturated/α-hetero) is 1. The van der Waals surface area contributed by atoms with E-state index >= 15 is 0 Å². The molecule has 0 bridgehead atoms. The molecule has 4 rings (SSSR count). The van der Waals surface area contributed by atoms with Crippen molar-refractivity contribution in [1.29, 1.82) is 0 Å². The lowest BCUT2D eigenvalue weighted by atomic mass is 10.0. The summed E-state index contributed by atoms with van der Waals surface area (Å²) in [6.45, 7) is 4.06. The largest absolute Gasteiger partial charge is 0.293 e. The number of nitrogens with zero attached hydrogens (tertiary/aromatic N) is 2. The van der Waals surface area contributed by atoms with Crippen LogP contribution in [0.2, 0.25) is 5.02 Å². The van der Waals surface area contributed by atoms with Crippen molar-refractivity contribution in [2.24, 2.45) is 0 Å². The fourth-order valence-electron chi connectivity index (χ4n) is 3.02. The molecule has 2 aromatic heterocycles. The molecule has 0 saturated carbocycles. The Bertz CT molecular complexity index is 1040. The first kappa shape index (κ1) is 17.4. The number of carbonyl (C=O) groups excluding carboxylic acids is 2. The molecule has 0 unspecified atom stereocenters. The zero-order chi connectivity index (χ0) is 18.3. The number of fused-ring (bicyclic) bond motifs is 2. The highest BCUT2D eigenvalue weighted by molar-refractivity contribution is 7.22. The summed E-state index contributed by atoms with van der Waals surface area (Å²) in [6, 6.07) is 7.67. The van der Waals surface area contributed by atoms with Crippen LogP contribution in [0, 0.1) is 0 Å². The van der Waals surface area contributed by atoms with Crippen LogP contribution >= 0.6 is 34.3 Å². The van der Waals surface area contributed by atoms with E-state index in [1.807, 2.05) is 24.3 Å². The third-order valence-corrected chi connectivity index (χ3v) is 7.10. The lowest BCUT2D eigenvalue weighted by Gasteiger charge is -2.17. The van der Waals surface area contributed by atoms with Crippen LogP contribution in [0.15, 0.2) is 36.9 Å². The van der Waals surface area contributed by atoms with E-state index < -0.39 is 0 Å². The second-order valence-electron chi connectivity index (χ2n) is 5.99. The molecule has 1 aliphatic carbocycles. The second-order valence-corrected chi connectivity index (χ2v) is 8.40. The number of ketones is 1. The lowest BCUT2D eigenvalue weighted by Crippen LogP contribution is -2.30. The van der Waals surface area contributed by atoms with Crippen molar-refractivity contribution in [3.05, 3.63) is 57.4 Å². The molecule has 4 nitrogen and oxygen atoms in total. The van der Waals surface area contributed by atoms with Gasteiger partial charge in [0, 0.05) is 23.1 Å². The Morgan fingerprint density at radius 1 is 1.31 bits per heavy atom. The molecule has 0 radical (unpaired) electrons. The van der Waals surface area contributed by atoms with Gasteiger partial charge in [0.05, 0.1) is 15.6 Å². The average molecular weight is 403 g/mol. The van der Waals surface area contributed by atoms with Gasteiger partial charge in [-0.25, -0.2) is 4.98 Å². The summed E-state index contributed by atoms with van der Waals surface area (Å²) >= 11 is 9.13. The molecule has 0 fully saturated rings. The Hall–Kier alpha value is -2.02. The summed E-state index contributed by atoms with van der Waals surface area (Å²) in [4.78, 5) is 32.6. The third-order valence-electron chi connectivity index (χ3n) is 4.27. The van der Waals surface area contributed by atoms with Gasteiger partial charge in [-0.1, -0.05) is 47.2 Å². The predicted octanol–water partition coefficient (Wildman–Crippen LogP) is 5.36. The van der Waals surface area contributed by atoms with Crippen LogP contribution in [0.5, 0.6) is 0 Å². The van der Waals surface area contributed by atoms with E-state index in [9.17, 15) is 9.59 Å². The van der Waals surface area contributed by atoms with E-state index in [1.165, 1.54) is 22.7 Å². The van der Waals surface area contributed by atoms with Gasteiger partial charge in [-0.15, -0.1) is 17.9 Å². The molecule has 0 N–H and O–H groups in total. The Balaban J connectivity index is 1.76. The minimum atomic E-state index is -0.213. The van der Waals surface area contributed by atoms with E-state index in [1.54, 1.807) is 11.0 Å². The minimum Gasteiger partial charge on any atom is -0.293 e. The fourth-order valence-corrected chi connectivity index (χ4v) is 5.57. The summed E-state index contributed by atoms with van der Waals surface area (Å²) in [5.41, 5.74) is 0.797. The maximum Gasteiger partial charge on any atom is 0.272 e. The maximum absolute atomic E-state index is 13.2. The van der Waals surface area contributed by atoms with Crippen LogP contribution in [0.3, 0.4) is 0 Å². The number of hydrogen-bond acceptors (Lipinski definition) is 5. The van der Waals surface area contributed by atoms with Gasteiger partial charge in [-0.2, -0.15) is 0 Å². The predicted molar refractivity (Wildman–Crippen MR) is 108 cm³/mol. The van der Waals surface area contributed by atoms with Gasteiger partial charge in [0.25, 0.3) is 5.91 Å². The van der Waals surface area contributed by atoms with Crippen molar-refractivity contribution in [3.8, 4) is 0 Å². The molecule has 2 heterocycles. The van der Waals surface area contributed by atoms with Crippen LogP contribution in [-0.4, -0.2) is 23.2 Å². The molecule has 0 aliphatic heterocycles. The molecule has 26 heavy (non-hydrogen) atoms. The normalized spacial score (nSPS) is 13.7. The molecule has 1 amide bonds. The topological polar surface area (TPSA) is 50.3 Å². The summed E-state index contributed by atoms with van der Waals surface area (Å²) < 4.78 is 0.966. The molecular formula is C19H15ClN2O2S2. The van der Waals surface area contributed by atoms with Crippen molar-refractivity contribution in [1.82, 2.24) is 4.98 Å². The number of aromatic nitrogens is 1. The molecule has 132 valence electrons. The third kappa shape index (κ3) is 2.88. The van der Waals surface area contributed by atoms with Gasteiger partial charge in [-0.05, 0) is 18.9 Å². The van der Waals surface area contributed by atoms with Crippen LogP contribution in [0.1, 0.15) is 37.9 Å². The van der Waals surface area contributed by atoms with Crippen LogP contribution in [-0.2, 0) is 6.42 Å². The standard InChI is InChI=1S/C19H15ClN2O2S2/c1-2-10-22(19-21-12-7-5-8-13(23)16(12)26-19)18(24)17-15(20)11-6-3-4-9-14(11)25-17/h2-4,6,9H,1,5,7-8,10H2. The van der Waals surface area contributed by atoms with E-state index in [2.05, 4.69) is 11.6 Å². The van der Waals surface area contributed by atoms with E-state index in [-0.39, 0.29) is 11.7 Å². The first-order valence-corrected chi connectivity index (χ1v) is 10.2. The second kappa shape index (κ2) is 6.95. The van der Waals surface area contributed by atoms with E-state index in [4.69, 9.17) is 11.6 Å². The molecule has 1 aliphatic rings. The number of aryl methyl sites for hydroxylation is 1. The fraction of sp³-hybridized carbons (Fsp3) is 0.211. The van der Waals surface area contributed by atoms with Gasteiger partial charge >= 0.3 is 0 Å². The molecule has 3 aromatic rings. The highest BCUT2D eigenvalue weighted by atomic mass is 35.5. The Morgan fingerprint density at radius 2 is 2.12 bits per heavy atom. The molecule has 0 spiro atoms. The molecule has 7 heteroatoms. The number of thiazole rings is 1. The summed E-state index contributed by atoms with van der Waals surface area (Å²) in [5.74, 6) is -0.101. The van der Waals surface area contributed by atoms with Crippen LogP contribution in [0.25, 0.3) is 10.1 Å². The van der Waals surface area contributed by atoms with Crippen molar-refractivity contribution in [3.63, 3.8) is 0 Å². The first-order chi connectivity index (χ1) is 12.6. The van der Waals surface area contributed by atoms with Gasteiger partial charge in [-0.3, -0.25) is 14.5 Å². The number of thiophene rings is 1. The summed E-state index contributed by atoms with van der Waals surface area (Å²) in [7, 11) is 0. The minimum absolute atomic E-state index is 0.112. The molecule has 0 saturated heterocycles.